The molecule has 1 unspecified atom stereocenters. The van der Waals surface area contributed by atoms with Gasteiger partial charge in [0.2, 0.25) is 0 Å². The van der Waals surface area contributed by atoms with Gasteiger partial charge in [-0.15, -0.1) is 0 Å². The number of piperidine rings is 1. The molecule has 2 aliphatic carbocycles. The summed E-state index contributed by atoms with van der Waals surface area (Å²) in [6.07, 6.45) is 3.67. The van der Waals surface area contributed by atoms with Gasteiger partial charge in [-0.05, 0) is 48.2 Å². The van der Waals surface area contributed by atoms with Crippen LogP contribution in [0.2, 0.25) is 0 Å². The first kappa shape index (κ1) is 14.6. The Balaban J connectivity index is 1.73. The van der Waals surface area contributed by atoms with Crippen molar-refractivity contribution in [1.82, 2.24) is 4.90 Å². The molecule has 24 heavy (non-hydrogen) atoms. The van der Waals surface area contributed by atoms with E-state index in [0.717, 1.165) is 35.3 Å². The van der Waals surface area contributed by atoms with Crippen LogP contribution in [0.4, 0.5) is 8.78 Å². The predicted octanol–water partition coefficient (Wildman–Crippen LogP) is 5.09. The minimum absolute atomic E-state index is 0.126. The third-order valence-corrected chi connectivity index (χ3v) is 6.06. The molecule has 0 aromatic heterocycles. The maximum Gasteiger partial charge on any atom is 0.263 e. The van der Waals surface area contributed by atoms with Gasteiger partial charge in [-0.25, -0.2) is 8.78 Å². The van der Waals surface area contributed by atoms with E-state index in [1.54, 1.807) is 0 Å². The minimum atomic E-state index is -2.61. The van der Waals surface area contributed by atoms with Crippen molar-refractivity contribution in [1.29, 1.82) is 0 Å². The Bertz CT molecular complexity index is 723. The van der Waals surface area contributed by atoms with Gasteiger partial charge in [0, 0.05) is 0 Å². The van der Waals surface area contributed by atoms with Crippen molar-refractivity contribution in [2.24, 2.45) is 0 Å². The van der Waals surface area contributed by atoms with Crippen LogP contribution >= 0.6 is 0 Å². The number of fused-ring (bicyclic) bond motifs is 5. The Kier molecular flexibility index (Phi) is 3.12. The predicted molar refractivity (Wildman–Crippen MR) is 90.6 cm³/mol. The van der Waals surface area contributed by atoms with Crippen LogP contribution in [-0.2, 0) is 0 Å². The van der Waals surface area contributed by atoms with Crippen molar-refractivity contribution in [3.63, 3.8) is 0 Å². The van der Waals surface area contributed by atoms with E-state index in [1.807, 2.05) is 36.4 Å². The Morgan fingerprint density at radius 1 is 0.708 bits per heavy atom. The van der Waals surface area contributed by atoms with Gasteiger partial charge in [0.25, 0.3) is 5.92 Å². The van der Waals surface area contributed by atoms with Crippen molar-refractivity contribution >= 4 is 0 Å². The zero-order valence-corrected chi connectivity index (χ0v) is 13.6. The zero-order valence-electron chi connectivity index (χ0n) is 13.6. The molecule has 2 aromatic carbocycles. The van der Waals surface area contributed by atoms with Crippen LogP contribution < -0.4 is 0 Å². The normalized spacial score (nSPS) is 30.7. The SMILES string of the molecule is FC1(F)[C@@H]2c3ccccc3C(N3CCCCC3)c3ccccc3[C@@H]21. The van der Waals surface area contributed by atoms with Gasteiger partial charge >= 0.3 is 0 Å². The first-order valence-corrected chi connectivity index (χ1v) is 8.99. The summed E-state index contributed by atoms with van der Waals surface area (Å²) in [5.74, 6) is -3.91. The molecule has 0 radical (unpaired) electrons. The summed E-state index contributed by atoms with van der Waals surface area (Å²) in [6.45, 7) is 2.11. The summed E-state index contributed by atoms with van der Waals surface area (Å²) in [5.41, 5.74) is 3.91. The molecule has 5 rings (SSSR count). The number of benzene rings is 2. The molecule has 0 amide bonds. The van der Waals surface area contributed by atoms with Crippen molar-refractivity contribution in [2.45, 2.75) is 43.1 Å². The molecule has 1 nitrogen and oxygen atoms in total. The molecule has 1 aliphatic heterocycles. The molecule has 3 atom stereocenters. The number of alkyl halides is 2. The highest BCUT2D eigenvalue weighted by Crippen LogP contribution is 2.70. The lowest BCUT2D eigenvalue weighted by Crippen LogP contribution is -2.35. The Labute approximate surface area is 141 Å². The molecule has 3 aliphatic rings. The van der Waals surface area contributed by atoms with Gasteiger partial charge in [-0.3, -0.25) is 4.90 Å². The molecule has 1 saturated carbocycles. The molecule has 0 bridgehead atoms. The average molecular weight is 325 g/mol. The van der Waals surface area contributed by atoms with Gasteiger partial charge in [-0.2, -0.15) is 0 Å². The van der Waals surface area contributed by atoms with Crippen molar-refractivity contribution in [3.8, 4) is 0 Å². The maximum atomic E-state index is 14.6. The van der Waals surface area contributed by atoms with Crippen LogP contribution in [0.25, 0.3) is 0 Å². The van der Waals surface area contributed by atoms with Crippen LogP contribution in [0, 0.1) is 0 Å². The maximum absolute atomic E-state index is 14.6. The molecular weight excluding hydrogens is 304 g/mol. The lowest BCUT2D eigenvalue weighted by Gasteiger charge is -2.36. The van der Waals surface area contributed by atoms with E-state index >= 15 is 0 Å². The molecule has 124 valence electrons. The van der Waals surface area contributed by atoms with Crippen LogP contribution in [0.15, 0.2) is 48.5 Å². The topological polar surface area (TPSA) is 3.24 Å². The highest BCUT2D eigenvalue weighted by molar-refractivity contribution is 5.56. The summed E-state index contributed by atoms with van der Waals surface area (Å²) in [5, 5.41) is 0. The lowest BCUT2D eigenvalue weighted by molar-refractivity contribution is 0.103. The van der Waals surface area contributed by atoms with Gasteiger partial charge in [0.15, 0.2) is 0 Å². The average Bonchev–Trinajstić information content (AvgIpc) is 3.22. The fourth-order valence-electron chi connectivity index (χ4n) is 4.92. The monoisotopic (exact) mass is 325 g/mol. The van der Waals surface area contributed by atoms with Crippen molar-refractivity contribution in [2.75, 3.05) is 13.1 Å². The first-order valence-electron chi connectivity index (χ1n) is 8.99. The number of rotatable bonds is 1. The zero-order chi connectivity index (χ0) is 16.3. The van der Waals surface area contributed by atoms with E-state index in [4.69, 9.17) is 0 Å². The van der Waals surface area contributed by atoms with Crippen molar-refractivity contribution in [3.05, 3.63) is 70.8 Å². The number of nitrogens with zero attached hydrogens (tertiary/aromatic N) is 1. The smallest absolute Gasteiger partial charge is 0.263 e. The van der Waals surface area contributed by atoms with Crippen molar-refractivity contribution < 1.29 is 8.78 Å². The van der Waals surface area contributed by atoms with Gasteiger partial charge in [0.1, 0.15) is 0 Å². The summed E-state index contributed by atoms with van der Waals surface area (Å²) < 4.78 is 29.2. The van der Waals surface area contributed by atoms with E-state index in [9.17, 15) is 8.78 Å². The first-order chi connectivity index (χ1) is 11.7. The van der Waals surface area contributed by atoms with Crippen LogP contribution in [-0.4, -0.2) is 23.9 Å². The van der Waals surface area contributed by atoms with E-state index in [1.165, 1.54) is 19.3 Å². The van der Waals surface area contributed by atoms with E-state index in [0.29, 0.717) is 0 Å². The fraction of sp³-hybridized carbons (Fsp3) is 0.429. The fourth-order valence-corrected chi connectivity index (χ4v) is 4.92. The second kappa shape index (κ2) is 5.13. The van der Waals surface area contributed by atoms with Crippen LogP contribution in [0.3, 0.4) is 0 Å². The molecule has 2 aromatic rings. The number of hydrogen-bond acceptors (Lipinski definition) is 1. The number of likely N-dealkylation sites (tertiary alicyclic amines) is 1. The quantitative estimate of drug-likeness (QED) is 0.706. The Hall–Kier alpha value is -1.74. The molecule has 0 N–H and O–H groups in total. The van der Waals surface area contributed by atoms with Crippen LogP contribution in [0.5, 0.6) is 0 Å². The third kappa shape index (κ3) is 1.94. The standard InChI is InChI=1S/C21H21F2N/c22-21(23)18-14-8-2-4-10-16(14)20(24-12-6-1-7-13-24)17-11-5-3-9-15(17)19(18)21/h2-5,8-11,18-20H,1,6-7,12-13H2/t18-,19+,20?. The third-order valence-electron chi connectivity index (χ3n) is 6.06. The van der Waals surface area contributed by atoms with E-state index in [-0.39, 0.29) is 6.04 Å². The molecule has 2 fully saturated rings. The van der Waals surface area contributed by atoms with E-state index in [2.05, 4.69) is 17.0 Å². The molecule has 3 heteroatoms. The van der Waals surface area contributed by atoms with Crippen LogP contribution in [0.1, 0.15) is 59.4 Å². The van der Waals surface area contributed by atoms with E-state index < -0.39 is 17.8 Å². The van der Waals surface area contributed by atoms with Gasteiger partial charge in [0.05, 0.1) is 17.9 Å². The summed E-state index contributed by atoms with van der Waals surface area (Å²) >= 11 is 0. The largest absolute Gasteiger partial charge is 0.292 e. The summed E-state index contributed by atoms with van der Waals surface area (Å²) in [4.78, 5) is 2.50. The second-order valence-corrected chi connectivity index (χ2v) is 7.39. The summed E-state index contributed by atoms with van der Waals surface area (Å²) in [7, 11) is 0. The highest BCUT2D eigenvalue weighted by atomic mass is 19.3. The second-order valence-electron chi connectivity index (χ2n) is 7.39. The Morgan fingerprint density at radius 3 is 1.67 bits per heavy atom. The molecule has 0 spiro atoms. The summed E-state index contributed by atoms with van der Waals surface area (Å²) in [6, 6.07) is 15.9. The molecule has 1 saturated heterocycles. The number of halogens is 2. The minimum Gasteiger partial charge on any atom is -0.292 e. The highest BCUT2D eigenvalue weighted by Gasteiger charge is 2.71. The molecule has 1 heterocycles. The Morgan fingerprint density at radius 2 is 1.17 bits per heavy atom. The number of hydrogen-bond donors (Lipinski definition) is 0. The van der Waals surface area contributed by atoms with Gasteiger partial charge < -0.3 is 0 Å². The molecular formula is C21H21F2N. The lowest BCUT2D eigenvalue weighted by atomic mass is 9.89. The van der Waals surface area contributed by atoms with Gasteiger partial charge in [-0.1, -0.05) is 55.0 Å².